The maximum absolute atomic E-state index is 6.09. The van der Waals surface area contributed by atoms with Crippen molar-refractivity contribution < 1.29 is 0 Å². The minimum Gasteiger partial charge on any atom is -0.267 e. The minimum atomic E-state index is 0.651. The van der Waals surface area contributed by atoms with Crippen LogP contribution in [0.4, 0.5) is 0 Å². The van der Waals surface area contributed by atoms with Crippen molar-refractivity contribution in [3.63, 3.8) is 0 Å². The van der Waals surface area contributed by atoms with Gasteiger partial charge >= 0.3 is 0 Å². The average molecular weight is 212 g/mol. The van der Waals surface area contributed by atoms with Gasteiger partial charge in [0, 0.05) is 12.5 Å². The Kier molecular flexibility index (Phi) is 3.12. The molecule has 1 aromatic heterocycles. The SMILES string of the molecule is CCCCn1n[c]c(Cl)c1C1CCC1. The monoisotopic (exact) mass is 211 g/mol. The number of halogens is 1. The summed E-state index contributed by atoms with van der Waals surface area (Å²) in [5.74, 6) is 0.651. The van der Waals surface area contributed by atoms with E-state index < -0.39 is 0 Å². The molecule has 0 spiro atoms. The zero-order chi connectivity index (χ0) is 9.97. The molecule has 2 nitrogen and oxygen atoms in total. The number of hydrogen-bond donors (Lipinski definition) is 0. The Labute approximate surface area is 90.3 Å². The van der Waals surface area contributed by atoms with Gasteiger partial charge in [-0.2, -0.15) is 5.10 Å². The van der Waals surface area contributed by atoms with Crippen LogP contribution in [-0.2, 0) is 6.54 Å². The van der Waals surface area contributed by atoms with E-state index in [1.54, 1.807) is 0 Å². The van der Waals surface area contributed by atoms with Gasteiger partial charge in [-0.3, -0.25) is 4.68 Å². The molecule has 1 heterocycles. The molecule has 1 aromatic rings. The Bertz CT molecular complexity index is 302. The molecule has 77 valence electrons. The van der Waals surface area contributed by atoms with Gasteiger partial charge in [-0.15, -0.1) is 0 Å². The zero-order valence-electron chi connectivity index (χ0n) is 8.59. The Morgan fingerprint density at radius 1 is 1.57 bits per heavy atom. The second-order valence-corrected chi connectivity index (χ2v) is 4.39. The van der Waals surface area contributed by atoms with Crippen LogP contribution in [-0.4, -0.2) is 9.78 Å². The molecule has 0 saturated heterocycles. The molecular formula is C11H16ClN2. The largest absolute Gasteiger partial charge is 0.267 e. The predicted molar refractivity (Wildman–Crippen MR) is 57.6 cm³/mol. The summed E-state index contributed by atoms with van der Waals surface area (Å²) in [5.41, 5.74) is 1.23. The zero-order valence-corrected chi connectivity index (χ0v) is 9.35. The highest BCUT2D eigenvalue weighted by Crippen LogP contribution is 2.39. The van der Waals surface area contributed by atoms with E-state index in [9.17, 15) is 0 Å². The summed E-state index contributed by atoms with van der Waals surface area (Å²) in [6.07, 6.45) is 9.11. The summed E-state index contributed by atoms with van der Waals surface area (Å²) in [6.45, 7) is 3.18. The fourth-order valence-electron chi connectivity index (χ4n) is 1.88. The van der Waals surface area contributed by atoms with Crippen molar-refractivity contribution in [1.82, 2.24) is 9.78 Å². The Balaban J connectivity index is 2.13. The molecule has 1 aliphatic rings. The van der Waals surface area contributed by atoms with Gasteiger partial charge in [0.1, 0.15) is 6.20 Å². The lowest BCUT2D eigenvalue weighted by Gasteiger charge is -2.26. The maximum atomic E-state index is 6.09. The molecule has 0 aromatic carbocycles. The van der Waals surface area contributed by atoms with Crippen molar-refractivity contribution in [2.24, 2.45) is 0 Å². The van der Waals surface area contributed by atoms with Gasteiger partial charge < -0.3 is 0 Å². The minimum absolute atomic E-state index is 0.651. The third-order valence-electron chi connectivity index (χ3n) is 2.99. The molecule has 0 atom stereocenters. The van der Waals surface area contributed by atoms with Crippen LogP contribution in [0.1, 0.15) is 50.6 Å². The summed E-state index contributed by atoms with van der Waals surface area (Å²) in [6, 6.07) is 0. The first kappa shape index (κ1) is 10.0. The normalized spacial score (nSPS) is 17.0. The van der Waals surface area contributed by atoms with E-state index in [1.807, 2.05) is 0 Å². The van der Waals surface area contributed by atoms with E-state index in [-0.39, 0.29) is 0 Å². The second kappa shape index (κ2) is 4.35. The number of unbranched alkanes of at least 4 members (excludes halogenated alkanes) is 1. The molecule has 3 heteroatoms. The van der Waals surface area contributed by atoms with Crippen LogP contribution in [0, 0.1) is 6.20 Å². The highest BCUT2D eigenvalue weighted by molar-refractivity contribution is 6.31. The van der Waals surface area contributed by atoms with Crippen LogP contribution in [0.5, 0.6) is 0 Å². The van der Waals surface area contributed by atoms with Crippen LogP contribution >= 0.6 is 11.6 Å². The summed E-state index contributed by atoms with van der Waals surface area (Å²) in [4.78, 5) is 0. The van der Waals surface area contributed by atoms with E-state index in [2.05, 4.69) is 22.9 Å². The summed E-state index contributed by atoms with van der Waals surface area (Å²) >= 11 is 6.09. The fourth-order valence-corrected chi connectivity index (χ4v) is 2.17. The lowest BCUT2D eigenvalue weighted by molar-refractivity contribution is 0.385. The van der Waals surface area contributed by atoms with Crippen molar-refractivity contribution in [2.45, 2.75) is 51.5 Å². The first-order chi connectivity index (χ1) is 6.83. The van der Waals surface area contributed by atoms with Gasteiger partial charge in [0.25, 0.3) is 0 Å². The molecule has 1 fully saturated rings. The summed E-state index contributed by atoms with van der Waals surface area (Å²) < 4.78 is 2.05. The van der Waals surface area contributed by atoms with Crippen LogP contribution in [0.25, 0.3) is 0 Å². The van der Waals surface area contributed by atoms with Gasteiger partial charge in [0.05, 0.1) is 10.7 Å². The Hall–Kier alpha value is -0.500. The van der Waals surface area contributed by atoms with Crippen molar-refractivity contribution >= 4 is 11.6 Å². The van der Waals surface area contributed by atoms with Crippen LogP contribution in [0.3, 0.4) is 0 Å². The fraction of sp³-hybridized carbons (Fsp3) is 0.727. The smallest absolute Gasteiger partial charge is 0.133 e. The summed E-state index contributed by atoms with van der Waals surface area (Å²) in [7, 11) is 0. The van der Waals surface area contributed by atoms with Crippen molar-refractivity contribution in [1.29, 1.82) is 0 Å². The van der Waals surface area contributed by atoms with E-state index in [0.29, 0.717) is 5.92 Å². The second-order valence-electron chi connectivity index (χ2n) is 4.02. The van der Waals surface area contributed by atoms with E-state index >= 15 is 0 Å². The van der Waals surface area contributed by atoms with Crippen LogP contribution in [0.15, 0.2) is 0 Å². The Morgan fingerprint density at radius 2 is 2.36 bits per heavy atom. The molecule has 1 radical (unpaired) electrons. The highest BCUT2D eigenvalue weighted by atomic mass is 35.5. The molecule has 14 heavy (non-hydrogen) atoms. The topological polar surface area (TPSA) is 17.8 Å². The molecule has 1 aliphatic carbocycles. The first-order valence-corrected chi connectivity index (χ1v) is 5.84. The van der Waals surface area contributed by atoms with Gasteiger partial charge in [-0.05, 0) is 19.3 Å². The van der Waals surface area contributed by atoms with Crippen LogP contribution in [0.2, 0.25) is 5.02 Å². The van der Waals surface area contributed by atoms with E-state index in [4.69, 9.17) is 11.6 Å². The van der Waals surface area contributed by atoms with Crippen molar-refractivity contribution in [3.8, 4) is 0 Å². The van der Waals surface area contributed by atoms with Crippen molar-refractivity contribution in [3.05, 3.63) is 16.9 Å². The average Bonchev–Trinajstić information content (AvgIpc) is 2.43. The molecule has 2 rings (SSSR count). The molecule has 0 amide bonds. The number of rotatable bonds is 4. The van der Waals surface area contributed by atoms with Gasteiger partial charge in [0.15, 0.2) is 0 Å². The quantitative estimate of drug-likeness (QED) is 0.747. The number of aromatic nitrogens is 2. The third kappa shape index (κ3) is 1.81. The molecule has 0 N–H and O–H groups in total. The van der Waals surface area contributed by atoms with Crippen LogP contribution < -0.4 is 0 Å². The molecule has 0 aliphatic heterocycles. The predicted octanol–water partition coefficient (Wildman–Crippen LogP) is 3.40. The van der Waals surface area contributed by atoms with E-state index in [1.165, 1.54) is 37.8 Å². The lowest BCUT2D eigenvalue weighted by atomic mass is 9.83. The molecule has 0 unspecified atom stereocenters. The molecular weight excluding hydrogens is 196 g/mol. The maximum Gasteiger partial charge on any atom is 0.133 e. The number of aryl methyl sites for hydroxylation is 1. The van der Waals surface area contributed by atoms with E-state index in [0.717, 1.165) is 11.6 Å². The van der Waals surface area contributed by atoms with Gasteiger partial charge in [0.2, 0.25) is 0 Å². The van der Waals surface area contributed by atoms with Gasteiger partial charge in [-0.1, -0.05) is 31.4 Å². The highest BCUT2D eigenvalue weighted by Gasteiger charge is 2.25. The standard InChI is InChI=1S/C11H16ClN2/c1-2-3-7-14-11(9-5-4-6-9)10(12)8-13-14/h9H,2-7H2,1H3. The first-order valence-electron chi connectivity index (χ1n) is 5.46. The Morgan fingerprint density at radius 3 is 2.93 bits per heavy atom. The lowest BCUT2D eigenvalue weighted by Crippen LogP contribution is -2.15. The van der Waals surface area contributed by atoms with Gasteiger partial charge in [-0.25, -0.2) is 0 Å². The number of nitrogens with zero attached hydrogens (tertiary/aromatic N) is 2. The summed E-state index contributed by atoms with van der Waals surface area (Å²) in [5, 5.41) is 4.96. The number of hydrogen-bond acceptors (Lipinski definition) is 1. The molecule has 1 saturated carbocycles. The van der Waals surface area contributed by atoms with Crippen molar-refractivity contribution in [2.75, 3.05) is 0 Å². The molecule has 0 bridgehead atoms. The third-order valence-corrected chi connectivity index (χ3v) is 3.27.